The third kappa shape index (κ3) is 3.37. The molecule has 1 aliphatic rings. The first-order chi connectivity index (χ1) is 12.3. The summed E-state index contributed by atoms with van der Waals surface area (Å²) in [4.78, 5) is 21.8. The Balaban J connectivity index is 1.69. The Morgan fingerprint density at radius 1 is 1.16 bits per heavy atom. The predicted molar refractivity (Wildman–Crippen MR) is 96.3 cm³/mol. The molecular weight excluding hydrogens is 314 g/mol. The van der Waals surface area contributed by atoms with Crippen molar-refractivity contribution in [3.05, 3.63) is 60.3 Å². The van der Waals surface area contributed by atoms with E-state index in [4.69, 9.17) is 4.74 Å². The van der Waals surface area contributed by atoms with E-state index in [-0.39, 0.29) is 12.0 Å². The van der Waals surface area contributed by atoms with Crippen molar-refractivity contribution in [1.82, 2.24) is 15.3 Å². The summed E-state index contributed by atoms with van der Waals surface area (Å²) in [5.74, 6) is -0.105. The van der Waals surface area contributed by atoms with Crippen LogP contribution in [0.25, 0.3) is 22.3 Å². The third-order valence-corrected chi connectivity index (χ3v) is 4.40. The van der Waals surface area contributed by atoms with Crippen molar-refractivity contribution in [3.8, 4) is 11.4 Å². The Morgan fingerprint density at radius 3 is 2.84 bits per heavy atom. The highest BCUT2D eigenvalue weighted by molar-refractivity contribution is 6.07. The lowest BCUT2D eigenvalue weighted by molar-refractivity contribution is 0.0859. The minimum atomic E-state index is -0.105. The van der Waals surface area contributed by atoms with Crippen molar-refractivity contribution in [3.63, 3.8) is 0 Å². The molecule has 0 radical (unpaired) electrons. The van der Waals surface area contributed by atoms with Crippen LogP contribution in [0.1, 0.15) is 23.2 Å². The second kappa shape index (κ2) is 6.99. The molecule has 1 fully saturated rings. The summed E-state index contributed by atoms with van der Waals surface area (Å²) >= 11 is 0. The zero-order chi connectivity index (χ0) is 17.1. The van der Waals surface area contributed by atoms with Crippen LogP contribution in [0.3, 0.4) is 0 Å². The highest BCUT2D eigenvalue weighted by Crippen LogP contribution is 2.23. The van der Waals surface area contributed by atoms with Crippen molar-refractivity contribution in [2.75, 3.05) is 13.2 Å². The van der Waals surface area contributed by atoms with Crippen LogP contribution in [0.15, 0.2) is 54.7 Å². The summed E-state index contributed by atoms with van der Waals surface area (Å²) in [6.07, 6.45) is 3.90. The van der Waals surface area contributed by atoms with Crippen LogP contribution >= 0.6 is 0 Å². The van der Waals surface area contributed by atoms with Crippen LogP contribution in [-0.4, -0.2) is 35.1 Å². The Kier molecular flexibility index (Phi) is 4.39. The smallest absolute Gasteiger partial charge is 0.252 e. The predicted octanol–water partition coefficient (Wildman–Crippen LogP) is 3.21. The van der Waals surface area contributed by atoms with Gasteiger partial charge in [-0.05, 0) is 37.1 Å². The molecule has 4 rings (SSSR count). The van der Waals surface area contributed by atoms with E-state index >= 15 is 0 Å². The summed E-state index contributed by atoms with van der Waals surface area (Å²) in [5.41, 5.74) is 2.85. The van der Waals surface area contributed by atoms with E-state index in [2.05, 4.69) is 15.3 Å². The molecule has 1 aliphatic heterocycles. The molecular formula is C20H19N3O2. The van der Waals surface area contributed by atoms with E-state index in [1.165, 1.54) is 0 Å². The maximum Gasteiger partial charge on any atom is 0.252 e. The summed E-state index contributed by atoms with van der Waals surface area (Å²) in [5, 5.41) is 3.84. The molecule has 1 atom stereocenters. The minimum absolute atomic E-state index is 0.105. The maximum atomic E-state index is 12.8. The molecule has 1 N–H and O–H groups in total. The van der Waals surface area contributed by atoms with Crippen molar-refractivity contribution in [2.24, 2.45) is 0 Å². The molecule has 3 heterocycles. The fourth-order valence-electron chi connectivity index (χ4n) is 3.12. The van der Waals surface area contributed by atoms with Gasteiger partial charge in [0, 0.05) is 24.7 Å². The van der Waals surface area contributed by atoms with Gasteiger partial charge in [-0.1, -0.05) is 24.3 Å². The van der Waals surface area contributed by atoms with Crippen molar-refractivity contribution in [2.45, 2.75) is 18.9 Å². The van der Waals surface area contributed by atoms with Gasteiger partial charge in [0.1, 0.15) is 0 Å². The van der Waals surface area contributed by atoms with Crippen LogP contribution < -0.4 is 5.32 Å². The molecule has 1 saturated heterocycles. The van der Waals surface area contributed by atoms with E-state index < -0.39 is 0 Å². The number of rotatable bonds is 4. The average molecular weight is 333 g/mol. The zero-order valence-corrected chi connectivity index (χ0v) is 13.8. The molecule has 0 aliphatic carbocycles. The van der Waals surface area contributed by atoms with E-state index in [9.17, 15) is 4.79 Å². The Hall–Kier alpha value is -2.79. The fraction of sp³-hybridized carbons (Fsp3) is 0.250. The molecule has 3 aromatic rings. The zero-order valence-electron chi connectivity index (χ0n) is 13.8. The molecule has 5 heteroatoms. The largest absolute Gasteiger partial charge is 0.376 e. The number of para-hydroxylation sites is 1. The van der Waals surface area contributed by atoms with Crippen LogP contribution in [0.2, 0.25) is 0 Å². The number of pyridine rings is 2. The number of aromatic nitrogens is 2. The number of carbonyl (C=O) groups excluding carboxylic acids is 1. The normalized spacial score (nSPS) is 16.9. The van der Waals surface area contributed by atoms with Gasteiger partial charge < -0.3 is 10.1 Å². The molecule has 0 bridgehead atoms. The van der Waals surface area contributed by atoms with Gasteiger partial charge in [0.15, 0.2) is 0 Å². The van der Waals surface area contributed by atoms with Crippen LogP contribution in [0, 0.1) is 0 Å². The van der Waals surface area contributed by atoms with Crippen LogP contribution in [-0.2, 0) is 4.74 Å². The average Bonchev–Trinajstić information content (AvgIpc) is 3.19. The molecule has 1 amide bonds. The lowest BCUT2D eigenvalue weighted by atomic mass is 10.1. The lowest BCUT2D eigenvalue weighted by Crippen LogP contribution is -2.32. The topological polar surface area (TPSA) is 64.1 Å². The standard InChI is InChI=1S/C20H19N3O2/c24-20(22-13-14-6-5-11-25-14)16-12-19(18-9-3-4-10-21-18)23-17-8-2-1-7-15(16)17/h1-4,7-10,12,14H,5-6,11,13H2,(H,22,24)/t14-/m0/s1. The first-order valence-corrected chi connectivity index (χ1v) is 8.52. The Bertz CT molecular complexity index is 890. The van der Waals surface area contributed by atoms with Crippen molar-refractivity contribution >= 4 is 16.8 Å². The number of nitrogens with zero attached hydrogens (tertiary/aromatic N) is 2. The summed E-state index contributed by atoms with van der Waals surface area (Å²) in [6.45, 7) is 1.32. The van der Waals surface area contributed by atoms with E-state index in [0.717, 1.165) is 36.0 Å². The molecule has 126 valence electrons. The number of ether oxygens (including phenoxy) is 1. The number of hydrogen-bond donors (Lipinski definition) is 1. The fourth-order valence-corrected chi connectivity index (χ4v) is 3.12. The van der Waals surface area contributed by atoms with Crippen molar-refractivity contribution in [1.29, 1.82) is 0 Å². The molecule has 0 spiro atoms. The van der Waals surface area contributed by atoms with E-state index in [1.54, 1.807) is 6.20 Å². The molecule has 0 saturated carbocycles. The van der Waals surface area contributed by atoms with Gasteiger partial charge in [-0.15, -0.1) is 0 Å². The SMILES string of the molecule is O=C(NC[C@@H]1CCCO1)c1cc(-c2ccccn2)nc2ccccc12. The number of nitrogens with one attached hydrogen (secondary N) is 1. The van der Waals surface area contributed by atoms with Crippen LogP contribution in [0.5, 0.6) is 0 Å². The maximum absolute atomic E-state index is 12.8. The number of fused-ring (bicyclic) bond motifs is 1. The number of amides is 1. The molecule has 2 aromatic heterocycles. The molecule has 0 unspecified atom stereocenters. The minimum Gasteiger partial charge on any atom is -0.376 e. The van der Waals surface area contributed by atoms with Gasteiger partial charge in [-0.25, -0.2) is 4.98 Å². The van der Waals surface area contributed by atoms with Gasteiger partial charge in [0.25, 0.3) is 5.91 Å². The quantitative estimate of drug-likeness (QED) is 0.796. The van der Waals surface area contributed by atoms with E-state index in [1.807, 2.05) is 48.5 Å². The second-order valence-electron chi connectivity index (χ2n) is 6.13. The Morgan fingerprint density at radius 2 is 2.04 bits per heavy atom. The monoisotopic (exact) mass is 333 g/mol. The summed E-state index contributed by atoms with van der Waals surface area (Å²) < 4.78 is 5.58. The van der Waals surface area contributed by atoms with Gasteiger partial charge in [-0.2, -0.15) is 0 Å². The van der Waals surface area contributed by atoms with Crippen LogP contribution in [0.4, 0.5) is 0 Å². The van der Waals surface area contributed by atoms with Gasteiger partial charge in [0.05, 0.1) is 28.6 Å². The van der Waals surface area contributed by atoms with Gasteiger partial charge >= 0.3 is 0 Å². The highest BCUT2D eigenvalue weighted by atomic mass is 16.5. The lowest BCUT2D eigenvalue weighted by Gasteiger charge is -2.13. The first kappa shape index (κ1) is 15.7. The Labute approximate surface area is 146 Å². The highest BCUT2D eigenvalue weighted by Gasteiger charge is 2.18. The van der Waals surface area contributed by atoms with E-state index in [0.29, 0.717) is 17.8 Å². The second-order valence-corrected chi connectivity index (χ2v) is 6.13. The molecule has 25 heavy (non-hydrogen) atoms. The molecule has 5 nitrogen and oxygen atoms in total. The third-order valence-electron chi connectivity index (χ3n) is 4.40. The molecule has 1 aromatic carbocycles. The first-order valence-electron chi connectivity index (χ1n) is 8.52. The number of hydrogen-bond acceptors (Lipinski definition) is 4. The summed E-state index contributed by atoms with van der Waals surface area (Å²) in [7, 11) is 0. The number of benzene rings is 1. The van der Waals surface area contributed by atoms with Gasteiger partial charge in [0.2, 0.25) is 0 Å². The number of carbonyl (C=O) groups is 1. The summed E-state index contributed by atoms with van der Waals surface area (Å²) in [6, 6.07) is 15.2. The van der Waals surface area contributed by atoms with Crippen molar-refractivity contribution < 1.29 is 9.53 Å². The van der Waals surface area contributed by atoms with Gasteiger partial charge in [-0.3, -0.25) is 9.78 Å².